The molecule has 0 heterocycles. The SMILES string of the molecule is Cc1cccc(NC(=S)N/N=C\c2c(OC(=O)c3ccccc3Cl)ccc3ccccc23)c1. The second-order valence-corrected chi connectivity index (χ2v) is 8.08. The van der Waals surface area contributed by atoms with Crippen molar-refractivity contribution in [3.63, 3.8) is 0 Å². The standard InChI is InChI=1S/C26H20ClN3O2S/c1-17-7-6-9-19(15-17)29-26(33)30-28-16-22-20-10-3-2-8-18(20)13-14-24(22)32-25(31)21-11-4-5-12-23(21)27/h2-16H,1H3,(H2,29,30,33)/b28-16-. The van der Waals surface area contributed by atoms with Crippen LogP contribution in [0.15, 0.2) is 90.0 Å². The molecule has 0 aliphatic rings. The lowest BCUT2D eigenvalue weighted by molar-refractivity contribution is 0.0735. The molecule has 4 rings (SSSR count). The summed E-state index contributed by atoms with van der Waals surface area (Å²) in [4.78, 5) is 12.7. The molecule has 4 aromatic rings. The van der Waals surface area contributed by atoms with Crippen LogP contribution in [-0.2, 0) is 0 Å². The predicted molar refractivity (Wildman–Crippen MR) is 138 cm³/mol. The van der Waals surface area contributed by atoms with E-state index in [2.05, 4.69) is 15.8 Å². The Morgan fingerprint density at radius 3 is 2.61 bits per heavy atom. The molecule has 2 N–H and O–H groups in total. The zero-order valence-corrected chi connectivity index (χ0v) is 19.3. The Kier molecular flexibility index (Phi) is 6.98. The number of halogens is 1. The van der Waals surface area contributed by atoms with E-state index in [0.717, 1.165) is 22.0 Å². The van der Waals surface area contributed by atoms with E-state index < -0.39 is 5.97 Å². The van der Waals surface area contributed by atoms with Crippen molar-refractivity contribution in [1.29, 1.82) is 0 Å². The number of benzene rings is 4. The molecule has 4 aromatic carbocycles. The molecule has 33 heavy (non-hydrogen) atoms. The third-order valence-electron chi connectivity index (χ3n) is 4.86. The number of esters is 1. The van der Waals surface area contributed by atoms with Crippen molar-refractivity contribution in [3.05, 3.63) is 107 Å². The Labute approximate surface area is 202 Å². The van der Waals surface area contributed by atoms with E-state index in [0.29, 0.717) is 21.4 Å². The summed E-state index contributed by atoms with van der Waals surface area (Å²) in [6, 6.07) is 26.0. The average molecular weight is 474 g/mol. The van der Waals surface area contributed by atoms with Gasteiger partial charge in [-0.05, 0) is 65.8 Å². The number of ether oxygens (including phenoxy) is 1. The maximum absolute atomic E-state index is 12.7. The minimum Gasteiger partial charge on any atom is -0.422 e. The number of hydrogen-bond donors (Lipinski definition) is 2. The van der Waals surface area contributed by atoms with Gasteiger partial charge in [0.15, 0.2) is 5.11 Å². The molecule has 5 nitrogen and oxygen atoms in total. The van der Waals surface area contributed by atoms with E-state index in [1.807, 2.05) is 61.5 Å². The van der Waals surface area contributed by atoms with Crippen LogP contribution in [0.25, 0.3) is 10.8 Å². The first-order chi connectivity index (χ1) is 16.0. The molecule has 0 unspecified atom stereocenters. The van der Waals surface area contributed by atoms with Crippen LogP contribution in [0.3, 0.4) is 0 Å². The van der Waals surface area contributed by atoms with E-state index in [1.54, 1.807) is 36.5 Å². The highest BCUT2D eigenvalue weighted by molar-refractivity contribution is 7.80. The van der Waals surface area contributed by atoms with Gasteiger partial charge in [0.1, 0.15) is 5.75 Å². The number of rotatable bonds is 5. The van der Waals surface area contributed by atoms with Crippen LogP contribution in [0.2, 0.25) is 5.02 Å². The summed E-state index contributed by atoms with van der Waals surface area (Å²) in [5.74, 6) is -0.183. The lowest BCUT2D eigenvalue weighted by atomic mass is 10.0. The number of hydrogen-bond acceptors (Lipinski definition) is 4. The largest absolute Gasteiger partial charge is 0.422 e. The van der Waals surface area contributed by atoms with Gasteiger partial charge in [0, 0.05) is 11.3 Å². The lowest BCUT2D eigenvalue weighted by Crippen LogP contribution is -2.23. The quantitative estimate of drug-likeness (QED) is 0.116. The number of thiocarbonyl (C=S) groups is 1. The fourth-order valence-corrected chi connectivity index (χ4v) is 3.70. The monoisotopic (exact) mass is 473 g/mol. The Bertz CT molecular complexity index is 1370. The number of nitrogens with zero attached hydrogens (tertiary/aromatic N) is 1. The third-order valence-corrected chi connectivity index (χ3v) is 5.39. The van der Waals surface area contributed by atoms with Gasteiger partial charge >= 0.3 is 5.97 Å². The molecule has 0 fully saturated rings. The van der Waals surface area contributed by atoms with Gasteiger partial charge in [-0.25, -0.2) is 4.79 Å². The molecule has 0 amide bonds. The van der Waals surface area contributed by atoms with E-state index in [-0.39, 0.29) is 5.56 Å². The lowest BCUT2D eigenvalue weighted by Gasteiger charge is -2.11. The number of carbonyl (C=O) groups is 1. The van der Waals surface area contributed by atoms with Crippen molar-refractivity contribution < 1.29 is 9.53 Å². The molecule has 0 aliphatic carbocycles. The van der Waals surface area contributed by atoms with E-state index in [1.165, 1.54) is 0 Å². The topological polar surface area (TPSA) is 62.7 Å². The van der Waals surface area contributed by atoms with E-state index >= 15 is 0 Å². The summed E-state index contributed by atoms with van der Waals surface area (Å²) in [5, 5.41) is 9.89. The third kappa shape index (κ3) is 5.55. The van der Waals surface area contributed by atoms with E-state index in [4.69, 9.17) is 28.6 Å². The molecule has 0 saturated heterocycles. The fraction of sp³-hybridized carbons (Fsp3) is 0.0385. The second-order valence-electron chi connectivity index (χ2n) is 7.26. The van der Waals surface area contributed by atoms with Gasteiger partial charge < -0.3 is 10.1 Å². The zero-order chi connectivity index (χ0) is 23.2. The molecule has 0 bridgehead atoms. The maximum Gasteiger partial charge on any atom is 0.345 e. The number of anilines is 1. The Morgan fingerprint density at radius 2 is 1.79 bits per heavy atom. The van der Waals surface area contributed by atoms with Gasteiger partial charge in [-0.3, -0.25) is 5.43 Å². The molecule has 0 saturated carbocycles. The van der Waals surface area contributed by atoms with Crippen molar-refractivity contribution in [1.82, 2.24) is 5.43 Å². The first kappa shape index (κ1) is 22.5. The average Bonchev–Trinajstić information content (AvgIpc) is 2.80. The number of carbonyl (C=O) groups excluding carboxylic acids is 1. The summed E-state index contributed by atoms with van der Waals surface area (Å²) in [6.45, 7) is 2.01. The molecule has 0 radical (unpaired) electrons. The minimum atomic E-state index is -0.546. The van der Waals surface area contributed by atoms with E-state index in [9.17, 15) is 4.79 Å². The van der Waals surface area contributed by atoms with Gasteiger partial charge in [-0.1, -0.05) is 66.2 Å². The number of aryl methyl sites for hydroxylation is 1. The number of fused-ring (bicyclic) bond motifs is 1. The van der Waals surface area contributed by atoms with Crippen LogP contribution in [0.4, 0.5) is 5.69 Å². The normalized spacial score (nSPS) is 10.8. The van der Waals surface area contributed by atoms with Crippen LogP contribution in [-0.4, -0.2) is 17.3 Å². The molecular weight excluding hydrogens is 454 g/mol. The molecule has 0 atom stereocenters. The first-order valence-corrected chi connectivity index (χ1v) is 10.9. The minimum absolute atomic E-state index is 0.289. The Hall–Kier alpha value is -3.74. The van der Waals surface area contributed by atoms with Crippen LogP contribution in [0.5, 0.6) is 5.75 Å². The highest BCUT2D eigenvalue weighted by Gasteiger charge is 2.15. The second kappa shape index (κ2) is 10.3. The first-order valence-electron chi connectivity index (χ1n) is 10.2. The van der Waals surface area contributed by atoms with Crippen molar-refractivity contribution >= 4 is 57.6 Å². The smallest absolute Gasteiger partial charge is 0.345 e. The summed E-state index contributed by atoms with van der Waals surface area (Å²) in [7, 11) is 0. The molecule has 7 heteroatoms. The zero-order valence-electron chi connectivity index (χ0n) is 17.7. The van der Waals surface area contributed by atoms with Crippen molar-refractivity contribution in [2.45, 2.75) is 6.92 Å². The van der Waals surface area contributed by atoms with Crippen molar-refractivity contribution in [2.24, 2.45) is 5.10 Å². The molecule has 0 spiro atoms. The Balaban J connectivity index is 1.58. The molecule has 164 valence electrons. The van der Waals surface area contributed by atoms with Gasteiger partial charge in [0.25, 0.3) is 0 Å². The van der Waals surface area contributed by atoms with Gasteiger partial charge in [-0.2, -0.15) is 5.10 Å². The maximum atomic E-state index is 12.7. The Morgan fingerprint density at radius 1 is 1.00 bits per heavy atom. The summed E-state index contributed by atoms with van der Waals surface area (Å²) < 4.78 is 5.70. The fourth-order valence-electron chi connectivity index (χ4n) is 3.32. The number of hydrazone groups is 1. The highest BCUT2D eigenvalue weighted by atomic mass is 35.5. The summed E-state index contributed by atoms with van der Waals surface area (Å²) in [6.07, 6.45) is 1.59. The molecule has 0 aromatic heterocycles. The van der Waals surface area contributed by atoms with Gasteiger partial charge in [0.05, 0.1) is 16.8 Å². The van der Waals surface area contributed by atoms with Gasteiger partial charge in [-0.15, -0.1) is 0 Å². The van der Waals surface area contributed by atoms with Crippen molar-refractivity contribution in [3.8, 4) is 5.75 Å². The summed E-state index contributed by atoms with van der Waals surface area (Å²) >= 11 is 11.5. The van der Waals surface area contributed by atoms with Crippen molar-refractivity contribution in [2.75, 3.05) is 5.32 Å². The summed E-state index contributed by atoms with van der Waals surface area (Å²) in [5.41, 5.74) is 5.72. The highest BCUT2D eigenvalue weighted by Crippen LogP contribution is 2.28. The van der Waals surface area contributed by atoms with Crippen LogP contribution < -0.4 is 15.5 Å². The molecule has 0 aliphatic heterocycles. The van der Waals surface area contributed by atoms with Gasteiger partial charge in [0.2, 0.25) is 0 Å². The predicted octanol–water partition coefficient (Wildman–Crippen LogP) is 6.34. The van der Waals surface area contributed by atoms with Crippen LogP contribution >= 0.6 is 23.8 Å². The van der Waals surface area contributed by atoms with Crippen LogP contribution in [0.1, 0.15) is 21.5 Å². The molecular formula is C26H20ClN3O2S. The van der Waals surface area contributed by atoms with Crippen LogP contribution in [0, 0.1) is 6.92 Å². The number of nitrogens with one attached hydrogen (secondary N) is 2.